The number of nitrogens with two attached hydrogens (primary N) is 1. The number of nitrogens with zero attached hydrogens (tertiary/aromatic N) is 2. The molecular weight excluding hydrogens is 554 g/mol. The van der Waals surface area contributed by atoms with Gasteiger partial charge in [-0.2, -0.15) is 0 Å². The minimum Gasteiger partial charge on any atom is -0.457 e. The molecule has 9 nitrogen and oxygen atoms in total. The fraction of sp³-hybridized carbons (Fsp3) is 0.257. The van der Waals surface area contributed by atoms with E-state index in [1.54, 1.807) is 6.07 Å². The number of piperidine rings is 2. The molecule has 0 bridgehead atoms. The number of benzene rings is 3. The van der Waals surface area contributed by atoms with Gasteiger partial charge in [-0.15, -0.1) is 0 Å². The molecule has 1 aromatic heterocycles. The Labute approximate surface area is 256 Å². The number of aromatic nitrogens is 1. The van der Waals surface area contributed by atoms with Crippen LogP contribution in [0.4, 0.5) is 5.69 Å². The van der Waals surface area contributed by atoms with E-state index in [0.717, 1.165) is 55.2 Å². The Morgan fingerprint density at radius 2 is 1.59 bits per heavy atom. The van der Waals surface area contributed by atoms with Gasteiger partial charge in [0.1, 0.15) is 17.5 Å². The number of primary amides is 1. The first kappa shape index (κ1) is 29.1. The molecule has 9 heteroatoms. The summed E-state index contributed by atoms with van der Waals surface area (Å²) in [5, 5.41) is 5.61. The van der Waals surface area contributed by atoms with Crippen molar-refractivity contribution in [3.8, 4) is 22.8 Å². The van der Waals surface area contributed by atoms with Gasteiger partial charge in [-0.1, -0.05) is 30.3 Å². The van der Waals surface area contributed by atoms with E-state index in [2.05, 4.69) is 27.7 Å². The Kier molecular flexibility index (Phi) is 8.65. The predicted octanol–water partition coefficient (Wildman–Crippen LogP) is 5.24. The maximum atomic E-state index is 12.3. The third-order valence-corrected chi connectivity index (χ3v) is 8.23. The zero-order valence-electron chi connectivity index (χ0n) is 24.4. The van der Waals surface area contributed by atoms with Crippen molar-refractivity contribution in [2.75, 3.05) is 18.4 Å². The highest BCUT2D eigenvalue weighted by atomic mass is 16.5. The molecule has 3 aromatic carbocycles. The Morgan fingerprint density at radius 1 is 0.886 bits per heavy atom. The summed E-state index contributed by atoms with van der Waals surface area (Å²) in [6.45, 7) is 2.70. The minimum atomic E-state index is -0.503. The highest BCUT2D eigenvalue weighted by molar-refractivity contribution is 6.01. The van der Waals surface area contributed by atoms with E-state index in [1.807, 2.05) is 72.8 Å². The number of likely N-dealkylation sites (tertiary alicyclic amines) is 1. The Morgan fingerprint density at radius 3 is 2.27 bits per heavy atom. The van der Waals surface area contributed by atoms with Gasteiger partial charge in [0.25, 0.3) is 5.91 Å². The molecule has 1 unspecified atom stereocenters. The molecule has 3 heterocycles. The van der Waals surface area contributed by atoms with E-state index in [4.69, 9.17) is 15.5 Å². The van der Waals surface area contributed by atoms with Crippen LogP contribution in [0.25, 0.3) is 11.3 Å². The minimum absolute atomic E-state index is 0.217. The van der Waals surface area contributed by atoms with Gasteiger partial charge in [-0.25, -0.2) is 0 Å². The molecule has 2 aliphatic rings. The monoisotopic (exact) mass is 589 g/mol. The number of hydrogen-bond donors (Lipinski definition) is 3. The van der Waals surface area contributed by atoms with Crippen molar-refractivity contribution >= 4 is 23.4 Å². The number of carbonyl (C=O) groups excluding carboxylic acids is 3. The molecule has 0 radical (unpaired) electrons. The number of imide groups is 1. The van der Waals surface area contributed by atoms with Crippen LogP contribution in [-0.4, -0.2) is 46.7 Å². The zero-order valence-corrected chi connectivity index (χ0v) is 24.4. The van der Waals surface area contributed by atoms with Crippen LogP contribution >= 0.6 is 0 Å². The molecule has 0 aliphatic carbocycles. The van der Waals surface area contributed by atoms with Crippen molar-refractivity contribution in [1.82, 2.24) is 15.2 Å². The van der Waals surface area contributed by atoms with Crippen molar-refractivity contribution in [2.45, 2.75) is 44.2 Å². The van der Waals surface area contributed by atoms with Gasteiger partial charge in [0.15, 0.2) is 0 Å². The molecule has 1 atom stereocenters. The predicted molar refractivity (Wildman–Crippen MR) is 168 cm³/mol. The topological polar surface area (TPSA) is 127 Å². The van der Waals surface area contributed by atoms with Crippen LogP contribution in [0.15, 0.2) is 91.0 Å². The van der Waals surface area contributed by atoms with Gasteiger partial charge >= 0.3 is 0 Å². The standard InChI is InChI=1S/C35H35N5O4/c36-34(42)29-14-15-30(38-33(29)25-8-12-28(13-9-25)44-27-4-2-1-3-5-27)24-18-20-40(21-19-24)22-23-6-10-26(11-7-23)37-31-16-17-32(41)39-35(31)43/h1-15,24,31,37H,16-22H2,(H2,36,42)(H,39,41,43). The Hall–Kier alpha value is -5.02. The van der Waals surface area contributed by atoms with E-state index in [0.29, 0.717) is 29.8 Å². The van der Waals surface area contributed by atoms with Crippen molar-refractivity contribution in [3.05, 3.63) is 108 Å². The number of carbonyl (C=O) groups is 3. The van der Waals surface area contributed by atoms with Gasteiger partial charge < -0.3 is 15.8 Å². The summed E-state index contributed by atoms with van der Waals surface area (Å²) in [7, 11) is 0. The molecule has 44 heavy (non-hydrogen) atoms. The summed E-state index contributed by atoms with van der Waals surface area (Å²) in [5.41, 5.74) is 10.6. The van der Waals surface area contributed by atoms with E-state index in [9.17, 15) is 14.4 Å². The normalized spacial score (nSPS) is 17.6. The molecule has 2 saturated heterocycles. The lowest BCUT2D eigenvalue weighted by molar-refractivity contribution is -0.133. The molecule has 4 aromatic rings. The number of nitrogens with one attached hydrogen (secondary N) is 2. The molecular formula is C35H35N5O4. The highest BCUT2D eigenvalue weighted by Crippen LogP contribution is 2.32. The van der Waals surface area contributed by atoms with Crippen LogP contribution in [0.1, 0.15) is 53.2 Å². The Bertz CT molecular complexity index is 1630. The average Bonchev–Trinajstić information content (AvgIpc) is 3.04. The van der Waals surface area contributed by atoms with E-state index < -0.39 is 11.9 Å². The molecule has 0 spiro atoms. The third kappa shape index (κ3) is 6.95. The highest BCUT2D eigenvalue weighted by Gasteiger charge is 2.27. The van der Waals surface area contributed by atoms with Crippen LogP contribution in [0.3, 0.4) is 0 Å². The lowest BCUT2D eigenvalue weighted by atomic mass is 9.91. The van der Waals surface area contributed by atoms with Crippen LogP contribution < -0.4 is 21.1 Å². The summed E-state index contributed by atoms with van der Waals surface area (Å²) in [6.07, 6.45) is 2.77. The fourth-order valence-electron chi connectivity index (χ4n) is 5.81. The van der Waals surface area contributed by atoms with Gasteiger partial charge in [-0.05, 0) is 98.6 Å². The summed E-state index contributed by atoms with van der Waals surface area (Å²) >= 11 is 0. The smallest absolute Gasteiger partial charge is 0.250 e. The van der Waals surface area contributed by atoms with Gasteiger partial charge in [0.2, 0.25) is 11.8 Å². The van der Waals surface area contributed by atoms with Crippen LogP contribution in [0.5, 0.6) is 11.5 Å². The molecule has 6 rings (SSSR count). The second-order valence-corrected chi connectivity index (χ2v) is 11.3. The molecule has 2 aliphatic heterocycles. The Balaban J connectivity index is 1.07. The number of anilines is 1. The van der Waals surface area contributed by atoms with Crippen molar-refractivity contribution in [3.63, 3.8) is 0 Å². The lowest BCUT2D eigenvalue weighted by Crippen LogP contribution is -2.47. The first-order valence-electron chi connectivity index (χ1n) is 15.0. The maximum absolute atomic E-state index is 12.3. The summed E-state index contributed by atoms with van der Waals surface area (Å²) in [6, 6.07) is 28.6. The largest absolute Gasteiger partial charge is 0.457 e. The number of rotatable bonds is 9. The second kappa shape index (κ2) is 13.1. The summed E-state index contributed by atoms with van der Waals surface area (Å²) < 4.78 is 5.92. The fourth-order valence-corrected chi connectivity index (χ4v) is 5.81. The number of pyridine rings is 1. The second-order valence-electron chi connectivity index (χ2n) is 11.3. The quantitative estimate of drug-likeness (QED) is 0.228. The average molecular weight is 590 g/mol. The van der Waals surface area contributed by atoms with Crippen molar-refractivity contribution in [1.29, 1.82) is 0 Å². The van der Waals surface area contributed by atoms with Crippen LogP contribution in [-0.2, 0) is 16.1 Å². The first-order chi connectivity index (χ1) is 21.4. The number of para-hydroxylation sites is 1. The molecule has 224 valence electrons. The first-order valence-corrected chi connectivity index (χ1v) is 15.0. The third-order valence-electron chi connectivity index (χ3n) is 8.23. The van der Waals surface area contributed by atoms with E-state index in [-0.39, 0.29) is 17.7 Å². The SMILES string of the molecule is NC(=O)c1ccc(C2CCN(Cc3ccc(NC4CCC(=O)NC4=O)cc3)CC2)nc1-c1ccc(Oc2ccccc2)cc1. The van der Waals surface area contributed by atoms with Crippen LogP contribution in [0, 0.1) is 0 Å². The summed E-state index contributed by atoms with van der Waals surface area (Å²) in [5.74, 6) is 0.744. The van der Waals surface area contributed by atoms with Gasteiger partial charge in [0, 0.05) is 35.8 Å². The lowest BCUT2D eigenvalue weighted by Gasteiger charge is -2.32. The molecule has 0 saturated carbocycles. The maximum Gasteiger partial charge on any atom is 0.250 e. The number of ether oxygens (including phenoxy) is 1. The van der Waals surface area contributed by atoms with Crippen molar-refractivity contribution in [2.24, 2.45) is 5.73 Å². The molecule has 3 amide bonds. The summed E-state index contributed by atoms with van der Waals surface area (Å²) in [4.78, 5) is 43.1. The number of hydrogen-bond acceptors (Lipinski definition) is 7. The molecule has 4 N–H and O–H groups in total. The van der Waals surface area contributed by atoms with E-state index >= 15 is 0 Å². The van der Waals surface area contributed by atoms with Crippen molar-refractivity contribution < 1.29 is 19.1 Å². The number of amides is 3. The van der Waals surface area contributed by atoms with E-state index in [1.165, 1.54) is 5.56 Å². The van der Waals surface area contributed by atoms with Crippen LogP contribution in [0.2, 0.25) is 0 Å². The van der Waals surface area contributed by atoms with Gasteiger partial charge in [-0.3, -0.25) is 29.6 Å². The molecule has 2 fully saturated rings. The van der Waals surface area contributed by atoms with Gasteiger partial charge in [0.05, 0.1) is 11.3 Å². The zero-order chi connectivity index (χ0) is 30.5.